The van der Waals surface area contributed by atoms with Gasteiger partial charge in [-0.05, 0) is 30.4 Å². The van der Waals surface area contributed by atoms with Crippen molar-refractivity contribution in [3.63, 3.8) is 0 Å². The molecule has 6 nitrogen and oxygen atoms in total. The van der Waals surface area contributed by atoms with Crippen LogP contribution in [0, 0.1) is 16.0 Å². The third-order valence-electron chi connectivity index (χ3n) is 3.46. The third kappa shape index (κ3) is 3.68. The molecule has 0 unspecified atom stereocenters. The molecule has 0 radical (unpaired) electrons. The summed E-state index contributed by atoms with van der Waals surface area (Å²) in [5.74, 6) is 5.98. The van der Waals surface area contributed by atoms with Crippen molar-refractivity contribution in [3.05, 3.63) is 33.9 Å². The van der Waals surface area contributed by atoms with Crippen molar-refractivity contribution < 1.29 is 4.92 Å². The summed E-state index contributed by atoms with van der Waals surface area (Å²) in [6.45, 7) is 6.28. The Morgan fingerprint density at radius 2 is 2.20 bits per heavy atom. The van der Waals surface area contributed by atoms with Gasteiger partial charge in [-0.1, -0.05) is 19.9 Å². The molecule has 3 N–H and O–H groups in total. The lowest BCUT2D eigenvalue weighted by atomic mass is 10.1. The van der Waals surface area contributed by atoms with Crippen molar-refractivity contribution in [1.29, 1.82) is 0 Å². The van der Waals surface area contributed by atoms with Crippen LogP contribution in [-0.4, -0.2) is 22.4 Å². The first kappa shape index (κ1) is 14.7. The van der Waals surface area contributed by atoms with E-state index in [0.29, 0.717) is 17.6 Å². The van der Waals surface area contributed by atoms with Crippen LogP contribution in [0.25, 0.3) is 0 Å². The lowest BCUT2D eigenvalue weighted by Gasteiger charge is -2.24. The van der Waals surface area contributed by atoms with E-state index >= 15 is 0 Å². The van der Waals surface area contributed by atoms with E-state index < -0.39 is 4.92 Å². The number of rotatable bonds is 7. The molecule has 1 aromatic carbocycles. The number of nitrogen functional groups attached to an aromatic ring is 1. The number of nitro benzene ring substituents is 1. The van der Waals surface area contributed by atoms with Gasteiger partial charge in [-0.15, -0.1) is 0 Å². The Morgan fingerprint density at radius 3 is 2.70 bits per heavy atom. The van der Waals surface area contributed by atoms with E-state index in [4.69, 9.17) is 5.84 Å². The number of nitrogens with two attached hydrogens (primary N) is 1. The maximum Gasteiger partial charge on any atom is 0.293 e. The van der Waals surface area contributed by atoms with Crippen LogP contribution < -0.4 is 11.3 Å². The van der Waals surface area contributed by atoms with E-state index in [1.165, 1.54) is 18.9 Å². The minimum Gasteiger partial charge on any atom is -0.318 e. The molecular weight excluding hydrogens is 256 g/mol. The molecule has 6 heteroatoms. The van der Waals surface area contributed by atoms with E-state index in [1.807, 2.05) is 6.07 Å². The fourth-order valence-corrected chi connectivity index (χ4v) is 2.44. The Hall–Kier alpha value is -1.66. The fourth-order valence-electron chi connectivity index (χ4n) is 2.44. The molecule has 1 aromatic rings. The number of nitrogens with zero attached hydrogens (tertiary/aromatic N) is 2. The summed E-state index contributed by atoms with van der Waals surface area (Å²) in [6, 6.07) is 5.77. The van der Waals surface area contributed by atoms with Gasteiger partial charge in [-0.3, -0.25) is 20.9 Å². The molecular formula is C14H22N4O2. The molecule has 0 atom stereocenters. The average molecular weight is 278 g/mol. The average Bonchev–Trinajstić information content (AvgIpc) is 3.21. The minimum absolute atomic E-state index is 0.0121. The zero-order valence-electron chi connectivity index (χ0n) is 12.0. The summed E-state index contributed by atoms with van der Waals surface area (Å²) < 4.78 is 0. The van der Waals surface area contributed by atoms with Crippen LogP contribution in [0.4, 0.5) is 11.4 Å². The van der Waals surface area contributed by atoms with Crippen molar-refractivity contribution in [2.75, 3.05) is 12.0 Å². The zero-order valence-corrected chi connectivity index (χ0v) is 12.0. The SMILES string of the molecule is CC(C)CN(Cc1ccc([N+](=O)[O-])c(NN)c1)C1CC1. The first-order chi connectivity index (χ1) is 9.51. The first-order valence-corrected chi connectivity index (χ1v) is 6.99. The molecule has 0 aromatic heterocycles. The summed E-state index contributed by atoms with van der Waals surface area (Å²) in [7, 11) is 0. The Balaban J connectivity index is 2.13. The van der Waals surface area contributed by atoms with Crippen molar-refractivity contribution >= 4 is 11.4 Å². The quantitative estimate of drug-likeness (QED) is 0.455. The van der Waals surface area contributed by atoms with E-state index in [9.17, 15) is 10.1 Å². The maximum absolute atomic E-state index is 10.9. The van der Waals surface area contributed by atoms with Gasteiger partial charge in [-0.2, -0.15) is 0 Å². The number of nitrogens with one attached hydrogen (secondary N) is 1. The van der Waals surface area contributed by atoms with E-state index in [-0.39, 0.29) is 5.69 Å². The van der Waals surface area contributed by atoms with Crippen LogP contribution in [0.15, 0.2) is 18.2 Å². The molecule has 1 aliphatic carbocycles. The van der Waals surface area contributed by atoms with Crippen molar-refractivity contribution in [3.8, 4) is 0 Å². The summed E-state index contributed by atoms with van der Waals surface area (Å²) in [4.78, 5) is 12.9. The zero-order chi connectivity index (χ0) is 14.7. The second-order valence-corrected chi connectivity index (χ2v) is 5.81. The van der Waals surface area contributed by atoms with Crippen molar-refractivity contribution in [1.82, 2.24) is 4.90 Å². The Labute approximate surface area is 119 Å². The van der Waals surface area contributed by atoms with E-state index in [1.54, 1.807) is 6.07 Å². The molecule has 1 aliphatic rings. The van der Waals surface area contributed by atoms with Crippen LogP contribution in [0.3, 0.4) is 0 Å². The number of anilines is 1. The van der Waals surface area contributed by atoms with Gasteiger partial charge in [0.25, 0.3) is 5.69 Å². The van der Waals surface area contributed by atoms with Crippen LogP contribution in [0.5, 0.6) is 0 Å². The number of hydrogen-bond donors (Lipinski definition) is 2. The molecule has 0 bridgehead atoms. The summed E-state index contributed by atoms with van der Waals surface area (Å²) >= 11 is 0. The fraction of sp³-hybridized carbons (Fsp3) is 0.571. The first-order valence-electron chi connectivity index (χ1n) is 6.99. The van der Waals surface area contributed by atoms with Gasteiger partial charge in [-0.25, -0.2) is 0 Å². The normalized spacial score (nSPS) is 14.8. The number of nitro groups is 1. The van der Waals surface area contributed by atoms with E-state index in [0.717, 1.165) is 18.7 Å². The minimum atomic E-state index is -0.425. The monoisotopic (exact) mass is 278 g/mol. The molecule has 110 valence electrons. The highest BCUT2D eigenvalue weighted by Gasteiger charge is 2.29. The summed E-state index contributed by atoms with van der Waals surface area (Å²) in [5.41, 5.74) is 3.85. The van der Waals surface area contributed by atoms with Crippen LogP contribution in [0.1, 0.15) is 32.3 Å². The number of hydrazine groups is 1. The molecule has 1 saturated carbocycles. The second kappa shape index (κ2) is 6.19. The molecule has 0 heterocycles. The lowest BCUT2D eigenvalue weighted by Crippen LogP contribution is -2.29. The van der Waals surface area contributed by atoms with Gasteiger partial charge in [0.15, 0.2) is 0 Å². The molecule has 0 amide bonds. The topological polar surface area (TPSA) is 84.4 Å². The second-order valence-electron chi connectivity index (χ2n) is 5.81. The maximum atomic E-state index is 10.9. The van der Waals surface area contributed by atoms with Crippen LogP contribution in [0.2, 0.25) is 0 Å². The standard InChI is InChI=1S/C14H22N4O2/c1-10(2)8-17(12-4-5-12)9-11-3-6-14(18(19)20)13(7-11)16-15/h3,6-7,10,12,16H,4-5,8-9,15H2,1-2H3. The molecule has 0 spiro atoms. The van der Waals surface area contributed by atoms with Gasteiger partial charge in [0, 0.05) is 25.2 Å². The van der Waals surface area contributed by atoms with Crippen LogP contribution in [-0.2, 0) is 6.54 Å². The molecule has 2 rings (SSSR count). The summed E-state index contributed by atoms with van der Waals surface area (Å²) in [5, 5.41) is 10.9. The van der Waals surface area contributed by atoms with Crippen molar-refractivity contribution in [2.24, 2.45) is 11.8 Å². The highest BCUT2D eigenvalue weighted by atomic mass is 16.6. The Morgan fingerprint density at radius 1 is 1.50 bits per heavy atom. The molecule has 0 saturated heterocycles. The Kier molecular flexibility index (Phi) is 4.57. The largest absolute Gasteiger partial charge is 0.318 e. The van der Waals surface area contributed by atoms with Gasteiger partial charge >= 0.3 is 0 Å². The Bertz CT molecular complexity index is 486. The highest BCUT2D eigenvalue weighted by molar-refractivity contribution is 5.62. The smallest absolute Gasteiger partial charge is 0.293 e. The molecule has 0 aliphatic heterocycles. The highest BCUT2D eigenvalue weighted by Crippen LogP contribution is 2.31. The van der Waals surface area contributed by atoms with Gasteiger partial charge in [0.05, 0.1) is 4.92 Å². The molecule has 1 fully saturated rings. The molecule has 20 heavy (non-hydrogen) atoms. The lowest BCUT2D eigenvalue weighted by molar-refractivity contribution is -0.384. The van der Waals surface area contributed by atoms with Crippen LogP contribution >= 0.6 is 0 Å². The number of benzene rings is 1. The third-order valence-corrected chi connectivity index (χ3v) is 3.46. The summed E-state index contributed by atoms with van der Waals surface area (Å²) in [6.07, 6.45) is 2.50. The predicted octanol–water partition coefficient (Wildman–Crippen LogP) is 2.50. The predicted molar refractivity (Wildman–Crippen MR) is 79.2 cm³/mol. The van der Waals surface area contributed by atoms with Gasteiger partial charge < -0.3 is 5.43 Å². The number of hydrogen-bond acceptors (Lipinski definition) is 5. The van der Waals surface area contributed by atoms with Gasteiger partial charge in [0.1, 0.15) is 5.69 Å². The van der Waals surface area contributed by atoms with Crippen molar-refractivity contribution in [2.45, 2.75) is 39.3 Å². The van der Waals surface area contributed by atoms with Gasteiger partial charge in [0.2, 0.25) is 0 Å². The van der Waals surface area contributed by atoms with E-state index in [2.05, 4.69) is 24.2 Å².